The van der Waals surface area contributed by atoms with Crippen LogP contribution in [0.3, 0.4) is 0 Å². The number of hydrogen-bond acceptors (Lipinski definition) is 5. The zero-order chi connectivity index (χ0) is 15.0. The van der Waals surface area contributed by atoms with E-state index >= 15 is 0 Å². The smallest absolute Gasteiger partial charge is 0.323 e. The summed E-state index contributed by atoms with van der Waals surface area (Å²) in [5.74, 6) is -0.789. The molecule has 2 aromatic rings. The van der Waals surface area contributed by atoms with Crippen LogP contribution in [0.1, 0.15) is 24.4 Å². The topological polar surface area (TPSA) is 66.3 Å². The van der Waals surface area contributed by atoms with Crippen LogP contribution >= 0.6 is 11.3 Å². The molecule has 0 bridgehead atoms. The van der Waals surface area contributed by atoms with Gasteiger partial charge < -0.3 is 5.11 Å². The number of hydrogen-bond donors (Lipinski definition) is 1. The SMILES string of the molecule is CC(C)(C(=O)O)N1CCc2nc(-c3cccnc3)sc2C1. The first-order chi connectivity index (χ1) is 9.98. The van der Waals surface area contributed by atoms with Crippen molar-refractivity contribution in [3.8, 4) is 10.6 Å². The minimum atomic E-state index is -0.851. The summed E-state index contributed by atoms with van der Waals surface area (Å²) in [6.45, 7) is 4.88. The predicted octanol–water partition coefficient (Wildman–Crippen LogP) is 2.43. The maximum atomic E-state index is 11.4. The Bertz CT molecular complexity index is 667. The van der Waals surface area contributed by atoms with Crippen molar-refractivity contribution in [1.82, 2.24) is 14.9 Å². The lowest BCUT2D eigenvalue weighted by Gasteiger charge is -2.36. The van der Waals surface area contributed by atoms with Crippen LogP contribution in [-0.4, -0.2) is 38.0 Å². The molecular weight excluding hydrogens is 286 g/mol. The van der Waals surface area contributed by atoms with Crippen LogP contribution < -0.4 is 0 Å². The molecule has 0 aliphatic carbocycles. The number of thiazole rings is 1. The highest BCUT2D eigenvalue weighted by atomic mass is 32.1. The second kappa shape index (κ2) is 5.20. The van der Waals surface area contributed by atoms with Gasteiger partial charge >= 0.3 is 5.97 Å². The monoisotopic (exact) mass is 303 g/mol. The molecule has 0 amide bonds. The Morgan fingerprint density at radius 1 is 1.48 bits per heavy atom. The molecular formula is C15H17N3O2S. The van der Waals surface area contributed by atoms with E-state index in [1.165, 1.54) is 0 Å². The fourth-order valence-electron chi connectivity index (χ4n) is 2.42. The third kappa shape index (κ3) is 2.56. The van der Waals surface area contributed by atoms with Crippen molar-refractivity contribution in [2.24, 2.45) is 0 Å². The number of aromatic nitrogens is 2. The van der Waals surface area contributed by atoms with Gasteiger partial charge in [-0.15, -0.1) is 11.3 Å². The molecule has 5 nitrogen and oxygen atoms in total. The van der Waals surface area contributed by atoms with E-state index in [1.54, 1.807) is 31.4 Å². The molecule has 0 saturated carbocycles. The quantitative estimate of drug-likeness (QED) is 0.943. The molecule has 0 unspecified atom stereocenters. The zero-order valence-electron chi connectivity index (χ0n) is 12.0. The second-order valence-electron chi connectivity index (χ2n) is 5.67. The summed E-state index contributed by atoms with van der Waals surface area (Å²) in [5, 5.41) is 10.3. The normalized spacial score (nSPS) is 15.7. The summed E-state index contributed by atoms with van der Waals surface area (Å²) < 4.78 is 0. The number of fused-ring (bicyclic) bond motifs is 1. The molecule has 3 rings (SSSR count). The highest BCUT2D eigenvalue weighted by Crippen LogP contribution is 2.33. The van der Waals surface area contributed by atoms with E-state index in [9.17, 15) is 9.90 Å². The number of aliphatic carboxylic acids is 1. The van der Waals surface area contributed by atoms with E-state index in [0.29, 0.717) is 6.54 Å². The third-order valence-electron chi connectivity index (χ3n) is 3.95. The molecule has 1 aliphatic rings. The van der Waals surface area contributed by atoms with Crippen LogP contribution in [0.4, 0.5) is 0 Å². The Morgan fingerprint density at radius 3 is 2.95 bits per heavy atom. The van der Waals surface area contributed by atoms with Crippen molar-refractivity contribution in [3.63, 3.8) is 0 Å². The van der Waals surface area contributed by atoms with Crippen LogP contribution in [-0.2, 0) is 17.8 Å². The molecule has 0 saturated heterocycles. The number of nitrogens with zero attached hydrogens (tertiary/aromatic N) is 3. The predicted molar refractivity (Wildman–Crippen MR) is 81.2 cm³/mol. The average molecular weight is 303 g/mol. The molecule has 6 heteroatoms. The van der Waals surface area contributed by atoms with E-state index in [-0.39, 0.29) is 0 Å². The van der Waals surface area contributed by atoms with Crippen LogP contribution in [0, 0.1) is 0 Å². The van der Waals surface area contributed by atoms with Gasteiger partial charge in [-0.25, -0.2) is 4.98 Å². The number of carbonyl (C=O) groups is 1. The van der Waals surface area contributed by atoms with Crippen LogP contribution in [0.5, 0.6) is 0 Å². The molecule has 0 atom stereocenters. The van der Waals surface area contributed by atoms with E-state index < -0.39 is 11.5 Å². The van der Waals surface area contributed by atoms with Gasteiger partial charge in [0, 0.05) is 42.3 Å². The fraction of sp³-hybridized carbons (Fsp3) is 0.400. The first-order valence-corrected chi connectivity index (χ1v) is 7.67. The third-order valence-corrected chi connectivity index (χ3v) is 5.09. The van der Waals surface area contributed by atoms with Crippen molar-refractivity contribution in [2.45, 2.75) is 32.4 Å². The van der Waals surface area contributed by atoms with Gasteiger partial charge in [0.25, 0.3) is 0 Å². The van der Waals surface area contributed by atoms with E-state index in [0.717, 1.165) is 34.1 Å². The van der Waals surface area contributed by atoms with Crippen LogP contribution in [0.25, 0.3) is 10.6 Å². The molecule has 0 radical (unpaired) electrons. The van der Waals surface area contributed by atoms with Gasteiger partial charge in [0.15, 0.2) is 0 Å². The number of carboxylic acids is 1. The van der Waals surface area contributed by atoms with Gasteiger partial charge in [0.05, 0.1) is 5.69 Å². The first kappa shape index (κ1) is 14.2. The van der Waals surface area contributed by atoms with Gasteiger partial charge in [-0.05, 0) is 26.0 Å². The molecule has 0 spiro atoms. The second-order valence-corrected chi connectivity index (χ2v) is 6.75. The van der Waals surface area contributed by atoms with Crippen molar-refractivity contribution in [1.29, 1.82) is 0 Å². The Hall–Kier alpha value is -1.79. The maximum absolute atomic E-state index is 11.4. The van der Waals surface area contributed by atoms with Crippen LogP contribution in [0.2, 0.25) is 0 Å². The summed E-state index contributed by atoms with van der Waals surface area (Å²) in [5.41, 5.74) is 1.26. The van der Waals surface area contributed by atoms with Crippen molar-refractivity contribution in [2.75, 3.05) is 6.54 Å². The Labute approximate surface area is 127 Å². The molecule has 110 valence electrons. The molecule has 0 fully saturated rings. The summed E-state index contributed by atoms with van der Waals surface area (Å²) in [4.78, 5) is 23.4. The number of pyridine rings is 1. The summed E-state index contributed by atoms with van der Waals surface area (Å²) >= 11 is 1.63. The Kier molecular flexibility index (Phi) is 3.51. The van der Waals surface area contributed by atoms with Crippen molar-refractivity contribution < 1.29 is 9.90 Å². The molecule has 2 aromatic heterocycles. The van der Waals surface area contributed by atoms with E-state index in [1.807, 2.05) is 23.2 Å². The lowest BCUT2D eigenvalue weighted by Crippen LogP contribution is -2.51. The Morgan fingerprint density at radius 2 is 2.29 bits per heavy atom. The Balaban J connectivity index is 1.88. The van der Waals surface area contributed by atoms with Gasteiger partial charge in [-0.2, -0.15) is 0 Å². The van der Waals surface area contributed by atoms with Gasteiger partial charge in [0.1, 0.15) is 10.5 Å². The zero-order valence-corrected chi connectivity index (χ0v) is 12.9. The first-order valence-electron chi connectivity index (χ1n) is 6.86. The standard InChI is InChI=1S/C15H17N3O2S/c1-15(2,14(19)20)18-7-5-11-12(9-18)21-13(17-11)10-4-3-6-16-8-10/h3-4,6,8H,5,7,9H2,1-2H3,(H,19,20). The van der Waals surface area contributed by atoms with Crippen molar-refractivity contribution in [3.05, 3.63) is 35.1 Å². The maximum Gasteiger partial charge on any atom is 0.323 e. The summed E-state index contributed by atoms with van der Waals surface area (Å²) in [6, 6.07) is 3.89. The van der Waals surface area contributed by atoms with E-state index in [4.69, 9.17) is 0 Å². The van der Waals surface area contributed by atoms with E-state index in [2.05, 4.69) is 9.97 Å². The molecule has 21 heavy (non-hydrogen) atoms. The minimum absolute atomic E-state index is 0.645. The van der Waals surface area contributed by atoms with Crippen molar-refractivity contribution >= 4 is 17.3 Å². The number of carboxylic acid groups (broad SMARTS) is 1. The fourth-order valence-corrected chi connectivity index (χ4v) is 3.53. The molecule has 3 heterocycles. The summed E-state index contributed by atoms with van der Waals surface area (Å²) in [7, 11) is 0. The molecule has 1 N–H and O–H groups in total. The number of rotatable bonds is 3. The highest BCUT2D eigenvalue weighted by molar-refractivity contribution is 7.15. The lowest BCUT2D eigenvalue weighted by atomic mass is 10.00. The minimum Gasteiger partial charge on any atom is -0.480 e. The lowest BCUT2D eigenvalue weighted by molar-refractivity contribution is -0.150. The largest absolute Gasteiger partial charge is 0.480 e. The molecule has 1 aliphatic heterocycles. The van der Waals surface area contributed by atoms with Crippen LogP contribution in [0.15, 0.2) is 24.5 Å². The summed E-state index contributed by atoms with van der Waals surface area (Å²) in [6.07, 6.45) is 4.35. The highest BCUT2D eigenvalue weighted by Gasteiger charge is 2.37. The van der Waals surface area contributed by atoms with Gasteiger partial charge in [-0.1, -0.05) is 0 Å². The van der Waals surface area contributed by atoms with Gasteiger partial charge in [0.2, 0.25) is 0 Å². The van der Waals surface area contributed by atoms with Gasteiger partial charge in [-0.3, -0.25) is 14.7 Å². The average Bonchev–Trinajstić information content (AvgIpc) is 2.91. The molecule has 0 aromatic carbocycles.